The Morgan fingerprint density at radius 2 is 1.93 bits per heavy atom. The molecule has 0 unspecified atom stereocenters. The molecule has 2 aromatic carbocycles. The molecule has 0 aliphatic carbocycles. The van der Waals surface area contributed by atoms with E-state index in [0.717, 1.165) is 11.6 Å². The highest BCUT2D eigenvalue weighted by molar-refractivity contribution is 6.34. The van der Waals surface area contributed by atoms with E-state index in [9.17, 15) is 23.1 Å². The van der Waals surface area contributed by atoms with Gasteiger partial charge in [-0.1, -0.05) is 23.2 Å². The molecule has 0 aliphatic heterocycles. The van der Waals surface area contributed by atoms with Gasteiger partial charge in [0.2, 0.25) is 5.82 Å². The predicted octanol–water partition coefficient (Wildman–Crippen LogP) is 5.06. The van der Waals surface area contributed by atoms with Crippen LogP contribution >= 0.6 is 11.6 Å². The standard InChI is InChI=1S/C18H13ClF3N3O3/c1-8-3-4-12-9(5-8)15(25-17(24-12)18(20,21)22)23-13-7-14(28-2)10(16(26)27)6-11(13)19/h3-7H,1-2H3,(H,26,27)(H,23,24,25). The van der Waals surface area contributed by atoms with Gasteiger partial charge in [0.1, 0.15) is 17.1 Å². The van der Waals surface area contributed by atoms with E-state index in [1.165, 1.54) is 19.2 Å². The zero-order valence-corrected chi connectivity index (χ0v) is 15.3. The molecule has 0 saturated heterocycles. The van der Waals surface area contributed by atoms with Gasteiger partial charge >= 0.3 is 12.1 Å². The summed E-state index contributed by atoms with van der Waals surface area (Å²) in [4.78, 5) is 18.4. The SMILES string of the molecule is COc1cc(Nc2nc(C(F)(F)F)nc3ccc(C)cc23)c(Cl)cc1C(=O)O. The normalized spacial score (nSPS) is 11.5. The number of carbonyl (C=O) groups is 1. The van der Waals surface area contributed by atoms with Crippen molar-refractivity contribution in [2.24, 2.45) is 0 Å². The molecule has 0 atom stereocenters. The van der Waals surface area contributed by atoms with Crippen LogP contribution in [0.15, 0.2) is 30.3 Å². The van der Waals surface area contributed by atoms with E-state index in [-0.39, 0.29) is 33.4 Å². The van der Waals surface area contributed by atoms with Crippen LogP contribution in [0.3, 0.4) is 0 Å². The van der Waals surface area contributed by atoms with Gasteiger partial charge in [-0.3, -0.25) is 0 Å². The molecule has 3 aromatic rings. The summed E-state index contributed by atoms with van der Waals surface area (Å²) >= 11 is 6.12. The number of alkyl halides is 3. The average Bonchev–Trinajstić information content (AvgIpc) is 2.62. The Hall–Kier alpha value is -3.07. The fourth-order valence-electron chi connectivity index (χ4n) is 2.58. The Morgan fingerprint density at radius 3 is 2.54 bits per heavy atom. The van der Waals surface area contributed by atoms with Gasteiger partial charge in [0.05, 0.1) is 23.3 Å². The van der Waals surface area contributed by atoms with Gasteiger partial charge in [-0.15, -0.1) is 0 Å². The van der Waals surface area contributed by atoms with E-state index in [0.29, 0.717) is 5.39 Å². The number of carboxylic acids is 1. The van der Waals surface area contributed by atoms with Crippen LogP contribution in [0.2, 0.25) is 5.02 Å². The number of carboxylic acid groups (broad SMARTS) is 1. The second-order valence-electron chi connectivity index (χ2n) is 5.88. The fourth-order valence-corrected chi connectivity index (χ4v) is 2.79. The van der Waals surface area contributed by atoms with Crippen LogP contribution in [-0.4, -0.2) is 28.2 Å². The maximum absolute atomic E-state index is 13.2. The van der Waals surface area contributed by atoms with Crippen LogP contribution in [0.4, 0.5) is 24.7 Å². The van der Waals surface area contributed by atoms with Gasteiger partial charge in [0.15, 0.2) is 0 Å². The molecule has 0 bridgehead atoms. The summed E-state index contributed by atoms with van der Waals surface area (Å²) in [5.74, 6) is -2.69. The summed E-state index contributed by atoms with van der Waals surface area (Å²) in [5, 5.41) is 12.3. The Labute approximate surface area is 161 Å². The maximum Gasteiger partial charge on any atom is 0.451 e. The Balaban J connectivity index is 2.19. The number of aromatic nitrogens is 2. The van der Waals surface area contributed by atoms with E-state index in [1.54, 1.807) is 19.1 Å². The van der Waals surface area contributed by atoms with Crippen molar-refractivity contribution in [3.05, 3.63) is 52.3 Å². The first-order valence-corrected chi connectivity index (χ1v) is 8.21. The highest BCUT2D eigenvalue weighted by Crippen LogP contribution is 2.36. The first-order valence-electron chi connectivity index (χ1n) is 7.83. The summed E-state index contributed by atoms with van der Waals surface area (Å²) in [7, 11) is 1.27. The van der Waals surface area contributed by atoms with Crippen molar-refractivity contribution in [3.8, 4) is 5.75 Å². The molecular weight excluding hydrogens is 399 g/mol. The smallest absolute Gasteiger partial charge is 0.451 e. The lowest BCUT2D eigenvalue weighted by Crippen LogP contribution is -2.13. The molecule has 0 aliphatic rings. The number of anilines is 2. The maximum atomic E-state index is 13.2. The second-order valence-corrected chi connectivity index (χ2v) is 6.28. The van der Waals surface area contributed by atoms with Crippen LogP contribution in [-0.2, 0) is 6.18 Å². The first kappa shape index (κ1) is 19.7. The number of hydrogen-bond acceptors (Lipinski definition) is 5. The minimum Gasteiger partial charge on any atom is -0.496 e. The average molecular weight is 412 g/mol. The summed E-state index contributed by atoms with van der Waals surface area (Å²) in [6.45, 7) is 1.78. The van der Waals surface area contributed by atoms with E-state index >= 15 is 0 Å². The monoisotopic (exact) mass is 411 g/mol. The van der Waals surface area contributed by atoms with E-state index in [1.807, 2.05) is 0 Å². The predicted molar refractivity (Wildman–Crippen MR) is 97.5 cm³/mol. The van der Waals surface area contributed by atoms with Crippen LogP contribution in [0.25, 0.3) is 10.9 Å². The molecule has 10 heteroatoms. The Bertz CT molecular complexity index is 1090. The van der Waals surface area contributed by atoms with Crippen LogP contribution in [0.5, 0.6) is 5.75 Å². The molecule has 28 heavy (non-hydrogen) atoms. The summed E-state index contributed by atoms with van der Waals surface area (Å²) in [5.41, 5.74) is 0.847. The highest BCUT2D eigenvalue weighted by Gasteiger charge is 2.35. The minimum atomic E-state index is -4.75. The minimum absolute atomic E-state index is 0.00927. The zero-order valence-electron chi connectivity index (χ0n) is 14.6. The van der Waals surface area contributed by atoms with Gasteiger partial charge < -0.3 is 15.2 Å². The van der Waals surface area contributed by atoms with Crippen LogP contribution < -0.4 is 10.1 Å². The van der Waals surface area contributed by atoms with Crippen molar-refractivity contribution in [1.82, 2.24) is 9.97 Å². The van der Waals surface area contributed by atoms with Gasteiger partial charge in [-0.05, 0) is 25.1 Å². The highest BCUT2D eigenvalue weighted by atomic mass is 35.5. The van der Waals surface area contributed by atoms with Crippen LogP contribution in [0, 0.1) is 6.92 Å². The van der Waals surface area contributed by atoms with Gasteiger partial charge in [0, 0.05) is 11.5 Å². The van der Waals surface area contributed by atoms with Gasteiger partial charge in [-0.25, -0.2) is 14.8 Å². The third kappa shape index (κ3) is 3.79. The van der Waals surface area contributed by atoms with E-state index < -0.39 is 18.0 Å². The second kappa shape index (κ2) is 7.16. The zero-order chi connectivity index (χ0) is 20.6. The Morgan fingerprint density at radius 1 is 1.21 bits per heavy atom. The molecule has 1 heterocycles. The van der Waals surface area contributed by atoms with E-state index in [2.05, 4.69) is 15.3 Å². The molecule has 1 aromatic heterocycles. The topological polar surface area (TPSA) is 84.3 Å². The summed E-state index contributed by atoms with van der Waals surface area (Å²) in [6, 6.07) is 7.15. The fraction of sp³-hybridized carbons (Fsp3) is 0.167. The molecule has 3 rings (SSSR count). The number of nitrogens with one attached hydrogen (secondary N) is 1. The Kier molecular flexibility index (Phi) is 5.03. The molecular formula is C18H13ClF3N3O3. The third-order valence-electron chi connectivity index (χ3n) is 3.88. The van der Waals surface area contributed by atoms with Crippen molar-refractivity contribution < 1.29 is 27.8 Å². The number of benzene rings is 2. The quantitative estimate of drug-likeness (QED) is 0.624. The molecule has 6 nitrogen and oxygen atoms in total. The van der Waals surface area contributed by atoms with Crippen LogP contribution in [0.1, 0.15) is 21.7 Å². The molecule has 0 fully saturated rings. The van der Waals surface area contributed by atoms with Crippen molar-refractivity contribution in [3.63, 3.8) is 0 Å². The number of aromatic carboxylic acids is 1. The van der Waals surface area contributed by atoms with Crippen molar-refractivity contribution in [2.75, 3.05) is 12.4 Å². The lowest BCUT2D eigenvalue weighted by molar-refractivity contribution is -0.144. The molecule has 0 saturated carbocycles. The molecule has 0 amide bonds. The number of methoxy groups -OCH3 is 1. The number of halogens is 4. The molecule has 0 spiro atoms. The number of rotatable bonds is 4. The van der Waals surface area contributed by atoms with E-state index in [4.69, 9.17) is 16.3 Å². The summed E-state index contributed by atoms with van der Waals surface area (Å²) in [6.07, 6.45) is -4.75. The number of aryl methyl sites for hydroxylation is 1. The lowest BCUT2D eigenvalue weighted by atomic mass is 10.1. The molecule has 0 radical (unpaired) electrons. The number of hydrogen-bond donors (Lipinski definition) is 2. The van der Waals surface area contributed by atoms with Gasteiger partial charge in [-0.2, -0.15) is 13.2 Å². The van der Waals surface area contributed by atoms with Crippen molar-refractivity contribution in [2.45, 2.75) is 13.1 Å². The third-order valence-corrected chi connectivity index (χ3v) is 4.19. The van der Waals surface area contributed by atoms with Gasteiger partial charge in [0.25, 0.3) is 0 Å². The number of nitrogens with zero attached hydrogens (tertiary/aromatic N) is 2. The lowest BCUT2D eigenvalue weighted by Gasteiger charge is -2.15. The largest absolute Gasteiger partial charge is 0.496 e. The van der Waals surface area contributed by atoms with Crippen molar-refractivity contribution in [1.29, 1.82) is 0 Å². The molecule has 2 N–H and O–H groups in total. The first-order chi connectivity index (χ1) is 13.1. The summed E-state index contributed by atoms with van der Waals surface area (Å²) < 4.78 is 44.6. The molecule has 146 valence electrons. The number of fused-ring (bicyclic) bond motifs is 1. The van der Waals surface area contributed by atoms with Crippen molar-refractivity contribution >= 4 is 40.0 Å². The number of ether oxygens (including phenoxy) is 1.